The van der Waals surface area contributed by atoms with Crippen molar-refractivity contribution in [1.29, 1.82) is 0 Å². The topological polar surface area (TPSA) is 30.5 Å². The lowest BCUT2D eigenvalue weighted by molar-refractivity contribution is 0.297. The van der Waals surface area contributed by atoms with Gasteiger partial charge in [-0.15, -0.1) is 0 Å². The third kappa shape index (κ3) is 3.41. The summed E-state index contributed by atoms with van der Waals surface area (Å²) in [6, 6.07) is 6.26. The first kappa shape index (κ1) is 12.8. The average Bonchev–Trinajstić information content (AvgIpc) is 3.25. The molecule has 1 unspecified atom stereocenters. The number of ether oxygens (including phenoxy) is 2. The molecule has 0 amide bonds. The first-order valence-corrected chi connectivity index (χ1v) is 7.42. The molecule has 1 atom stereocenters. The van der Waals surface area contributed by atoms with E-state index >= 15 is 0 Å². The quantitative estimate of drug-likeness (QED) is 0.884. The van der Waals surface area contributed by atoms with E-state index in [4.69, 9.17) is 9.47 Å². The third-order valence-electron chi connectivity index (χ3n) is 4.03. The minimum Gasteiger partial charge on any atom is -0.490 e. The highest BCUT2D eigenvalue weighted by Gasteiger charge is 2.27. The lowest BCUT2D eigenvalue weighted by Crippen LogP contribution is -2.21. The number of hydrogen-bond donors (Lipinski definition) is 1. The van der Waals surface area contributed by atoms with Crippen LogP contribution in [0.5, 0.6) is 11.5 Å². The molecule has 3 rings (SSSR count). The first-order valence-electron chi connectivity index (χ1n) is 7.42. The van der Waals surface area contributed by atoms with E-state index in [9.17, 15) is 0 Å². The monoisotopic (exact) mass is 261 g/mol. The van der Waals surface area contributed by atoms with E-state index in [0.717, 1.165) is 56.1 Å². The van der Waals surface area contributed by atoms with Crippen LogP contribution in [0, 0.1) is 11.8 Å². The second-order valence-electron chi connectivity index (χ2n) is 5.78. The summed E-state index contributed by atoms with van der Waals surface area (Å²) in [6.07, 6.45) is 3.81. The van der Waals surface area contributed by atoms with Gasteiger partial charge in [0.1, 0.15) is 0 Å². The van der Waals surface area contributed by atoms with Crippen LogP contribution in [-0.2, 0) is 6.54 Å². The predicted octanol–water partition coefficient (Wildman–Crippen LogP) is 2.98. The Kier molecular flexibility index (Phi) is 3.92. The first-order chi connectivity index (χ1) is 9.33. The minimum absolute atomic E-state index is 0.753. The number of rotatable bonds is 5. The zero-order valence-electron chi connectivity index (χ0n) is 11.7. The molecule has 0 bridgehead atoms. The van der Waals surface area contributed by atoms with Gasteiger partial charge in [-0.05, 0) is 48.9 Å². The van der Waals surface area contributed by atoms with E-state index in [0.29, 0.717) is 0 Å². The van der Waals surface area contributed by atoms with Gasteiger partial charge in [-0.3, -0.25) is 0 Å². The van der Waals surface area contributed by atoms with Crippen molar-refractivity contribution in [2.75, 3.05) is 19.8 Å². The zero-order valence-corrected chi connectivity index (χ0v) is 11.7. The van der Waals surface area contributed by atoms with Crippen LogP contribution in [0.3, 0.4) is 0 Å². The maximum Gasteiger partial charge on any atom is 0.161 e. The van der Waals surface area contributed by atoms with E-state index < -0.39 is 0 Å². The SMILES string of the molecule is CC(CNCc1ccc2c(c1)OCCCO2)C1CC1. The molecule has 1 saturated carbocycles. The van der Waals surface area contributed by atoms with E-state index in [2.05, 4.69) is 24.4 Å². The standard InChI is InChI=1S/C16H23NO2/c1-12(14-4-5-14)10-17-11-13-3-6-15-16(9-13)19-8-2-7-18-15/h3,6,9,12,14,17H,2,4-5,7-8,10-11H2,1H3. The molecule has 1 aromatic rings. The van der Waals surface area contributed by atoms with Crippen molar-refractivity contribution in [2.24, 2.45) is 11.8 Å². The summed E-state index contributed by atoms with van der Waals surface area (Å²) in [5.41, 5.74) is 1.27. The van der Waals surface area contributed by atoms with Crippen LogP contribution in [0.25, 0.3) is 0 Å². The highest BCUT2D eigenvalue weighted by Crippen LogP contribution is 2.36. The van der Waals surface area contributed by atoms with Gasteiger partial charge >= 0.3 is 0 Å². The largest absolute Gasteiger partial charge is 0.490 e. The molecule has 0 saturated heterocycles. The number of benzene rings is 1. The van der Waals surface area contributed by atoms with Crippen LogP contribution in [-0.4, -0.2) is 19.8 Å². The summed E-state index contributed by atoms with van der Waals surface area (Å²) in [6.45, 7) is 5.87. The number of hydrogen-bond acceptors (Lipinski definition) is 3. The molecule has 1 fully saturated rings. The van der Waals surface area contributed by atoms with E-state index in [1.165, 1.54) is 18.4 Å². The van der Waals surface area contributed by atoms with Crippen molar-refractivity contribution >= 4 is 0 Å². The van der Waals surface area contributed by atoms with E-state index in [-0.39, 0.29) is 0 Å². The van der Waals surface area contributed by atoms with Gasteiger partial charge in [-0.2, -0.15) is 0 Å². The van der Waals surface area contributed by atoms with Crippen LogP contribution < -0.4 is 14.8 Å². The van der Waals surface area contributed by atoms with Crippen molar-refractivity contribution in [1.82, 2.24) is 5.32 Å². The van der Waals surface area contributed by atoms with Crippen LogP contribution in [0.15, 0.2) is 18.2 Å². The predicted molar refractivity (Wildman–Crippen MR) is 75.6 cm³/mol. The lowest BCUT2D eigenvalue weighted by Gasteiger charge is -2.13. The van der Waals surface area contributed by atoms with Gasteiger partial charge in [-0.1, -0.05) is 13.0 Å². The Labute approximate surface area is 115 Å². The average molecular weight is 261 g/mol. The second kappa shape index (κ2) is 5.83. The Morgan fingerprint density at radius 1 is 1.21 bits per heavy atom. The van der Waals surface area contributed by atoms with Gasteiger partial charge < -0.3 is 14.8 Å². The second-order valence-corrected chi connectivity index (χ2v) is 5.78. The molecular weight excluding hydrogens is 238 g/mol. The van der Waals surface area contributed by atoms with Gasteiger partial charge in [0.25, 0.3) is 0 Å². The van der Waals surface area contributed by atoms with E-state index in [1.807, 2.05) is 6.07 Å². The van der Waals surface area contributed by atoms with Crippen LogP contribution >= 0.6 is 0 Å². The molecule has 2 aliphatic rings. The van der Waals surface area contributed by atoms with Crippen LogP contribution in [0.1, 0.15) is 31.7 Å². The molecule has 1 aromatic carbocycles. The third-order valence-corrected chi connectivity index (χ3v) is 4.03. The fourth-order valence-corrected chi connectivity index (χ4v) is 2.59. The summed E-state index contributed by atoms with van der Waals surface area (Å²) < 4.78 is 11.4. The number of fused-ring (bicyclic) bond motifs is 1. The molecular formula is C16H23NO2. The van der Waals surface area contributed by atoms with Crippen LogP contribution in [0.2, 0.25) is 0 Å². The molecule has 3 heteroatoms. The van der Waals surface area contributed by atoms with Crippen molar-refractivity contribution in [3.63, 3.8) is 0 Å². The highest BCUT2D eigenvalue weighted by atomic mass is 16.5. The lowest BCUT2D eigenvalue weighted by atomic mass is 10.1. The maximum absolute atomic E-state index is 5.71. The molecule has 0 spiro atoms. The van der Waals surface area contributed by atoms with Crippen molar-refractivity contribution in [3.8, 4) is 11.5 Å². The summed E-state index contributed by atoms with van der Waals surface area (Å²) in [7, 11) is 0. The molecule has 1 heterocycles. The minimum atomic E-state index is 0.753. The highest BCUT2D eigenvalue weighted by molar-refractivity contribution is 5.43. The molecule has 3 nitrogen and oxygen atoms in total. The Balaban J connectivity index is 1.54. The maximum atomic E-state index is 5.71. The fraction of sp³-hybridized carbons (Fsp3) is 0.625. The molecule has 104 valence electrons. The Bertz CT molecular complexity index is 429. The Morgan fingerprint density at radius 3 is 2.79 bits per heavy atom. The van der Waals surface area contributed by atoms with E-state index in [1.54, 1.807) is 0 Å². The molecule has 0 aromatic heterocycles. The normalized spacial score (nSPS) is 19.8. The smallest absolute Gasteiger partial charge is 0.161 e. The Morgan fingerprint density at radius 2 is 2.00 bits per heavy atom. The summed E-state index contributed by atoms with van der Waals surface area (Å²) in [5.74, 6) is 3.55. The Hall–Kier alpha value is -1.22. The summed E-state index contributed by atoms with van der Waals surface area (Å²) >= 11 is 0. The molecule has 1 aliphatic heterocycles. The van der Waals surface area contributed by atoms with Crippen molar-refractivity contribution in [3.05, 3.63) is 23.8 Å². The van der Waals surface area contributed by atoms with Gasteiger partial charge in [0.15, 0.2) is 11.5 Å². The summed E-state index contributed by atoms with van der Waals surface area (Å²) in [4.78, 5) is 0. The molecule has 1 aliphatic carbocycles. The fourth-order valence-electron chi connectivity index (χ4n) is 2.59. The number of nitrogens with one attached hydrogen (secondary N) is 1. The molecule has 0 radical (unpaired) electrons. The van der Waals surface area contributed by atoms with Gasteiger partial charge in [0.05, 0.1) is 13.2 Å². The van der Waals surface area contributed by atoms with Gasteiger partial charge in [0, 0.05) is 13.0 Å². The van der Waals surface area contributed by atoms with Crippen LogP contribution in [0.4, 0.5) is 0 Å². The van der Waals surface area contributed by atoms with Gasteiger partial charge in [-0.25, -0.2) is 0 Å². The van der Waals surface area contributed by atoms with Crippen molar-refractivity contribution < 1.29 is 9.47 Å². The summed E-state index contributed by atoms with van der Waals surface area (Å²) in [5, 5.41) is 3.55. The zero-order chi connectivity index (χ0) is 13.1. The van der Waals surface area contributed by atoms with Crippen molar-refractivity contribution in [2.45, 2.75) is 32.7 Å². The molecule has 19 heavy (non-hydrogen) atoms. The van der Waals surface area contributed by atoms with Gasteiger partial charge in [0.2, 0.25) is 0 Å². The molecule has 1 N–H and O–H groups in total.